The molecule has 1 aromatic carbocycles. The van der Waals surface area contributed by atoms with Gasteiger partial charge in [-0.1, -0.05) is 24.4 Å². The monoisotopic (exact) mass is 365 g/mol. The molecule has 1 saturated heterocycles. The summed E-state index contributed by atoms with van der Waals surface area (Å²) in [6.07, 6.45) is 6.63. The van der Waals surface area contributed by atoms with Gasteiger partial charge in [-0.2, -0.15) is 0 Å². The highest BCUT2D eigenvalue weighted by Gasteiger charge is 2.15. The molecule has 2 heterocycles. The van der Waals surface area contributed by atoms with Crippen LogP contribution in [0.4, 0.5) is 11.5 Å². The van der Waals surface area contributed by atoms with Crippen LogP contribution in [-0.4, -0.2) is 26.5 Å². The molecule has 0 spiro atoms. The molecule has 2 aromatic rings. The molecule has 7 heteroatoms. The Hall–Kier alpha value is -1.79. The van der Waals surface area contributed by atoms with E-state index in [1.54, 1.807) is 24.4 Å². The molecular formula is C17H20ClN3O2S. The summed E-state index contributed by atoms with van der Waals surface area (Å²) in [5.74, 6) is 0.309. The summed E-state index contributed by atoms with van der Waals surface area (Å²) < 4.78 is 27.2. The molecule has 1 aliphatic heterocycles. The average Bonchev–Trinajstić information content (AvgIpc) is 2.85. The Labute approximate surface area is 147 Å². The Morgan fingerprint density at radius 1 is 0.958 bits per heavy atom. The second kappa shape index (κ2) is 7.40. The Morgan fingerprint density at radius 2 is 1.62 bits per heavy atom. The van der Waals surface area contributed by atoms with Gasteiger partial charge in [-0.15, -0.1) is 0 Å². The number of sulfonamides is 1. The summed E-state index contributed by atoms with van der Waals surface area (Å²) in [5.41, 5.74) is 1.03. The minimum atomic E-state index is -3.66. The number of rotatable bonds is 4. The van der Waals surface area contributed by atoms with Gasteiger partial charge in [-0.3, -0.25) is 4.72 Å². The second-order valence-electron chi connectivity index (χ2n) is 5.86. The molecule has 24 heavy (non-hydrogen) atoms. The Bertz CT molecular complexity index is 768. The molecule has 128 valence electrons. The summed E-state index contributed by atoms with van der Waals surface area (Å²) in [4.78, 5) is 6.72. The maximum atomic E-state index is 12.3. The van der Waals surface area contributed by atoms with Crippen LogP contribution in [0.15, 0.2) is 47.5 Å². The van der Waals surface area contributed by atoms with Crippen molar-refractivity contribution in [2.75, 3.05) is 22.7 Å². The van der Waals surface area contributed by atoms with Crippen LogP contribution in [0.2, 0.25) is 5.02 Å². The number of pyridine rings is 1. The van der Waals surface area contributed by atoms with Crippen molar-refractivity contribution < 1.29 is 8.42 Å². The smallest absolute Gasteiger partial charge is 0.263 e. The van der Waals surface area contributed by atoms with Gasteiger partial charge in [0.15, 0.2) is 0 Å². The van der Waals surface area contributed by atoms with Crippen LogP contribution in [0, 0.1) is 0 Å². The number of nitrogens with one attached hydrogen (secondary N) is 1. The Morgan fingerprint density at radius 3 is 2.21 bits per heavy atom. The molecule has 0 unspecified atom stereocenters. The van der Waals surface area contributed by atoms with E-state index in [4.69, 9.17) is 11.6 Å². The summed E-state index contributed by atoms with van der Waals surface area (Å²) in [5, 5.41) is 0.494. The largest absolute Gasteiger partial charge is 0.370 e. The first kappa shape index (κ1) is 17.0. The first-order valence-corrected chi connectivity index (χ1v) is 9.90. The molecule has 0 aliphatic carbocycles. The quantitative estimate of drug-likeness (QED) is 0.892. The van der Waals surface area contributed by atoms with Gasteiger partial charge in [-0.25, -0.2) is 13.4 Å². The fourth-order valence-electron chi connectivity index (χ4n) is 2.77. The van der Waals surface area contributed by atoms with Crippen molar-refractivity contribution in [2.24, 2.45) is 0 Å². The van der Waals surface area contributed by atoms with Crippen LogP contribution >= 0.6 is 11.6 Å². The van der Waals surface area contributed by atoms with Gasteiger partial charge < -0.3 is 4.90 Å². The van der Waals surface area contributed by atoms with E-state index in [1.807, 2.05) is 6.07 Å². The normalized spacial score (nSPS) is 15.8. The number of halogens is 1. The fraction of sp³-hybridized carbons (Fsp3) is 0.353. The molecule has 0 saturated carbocycles. The minimum Gasteiger partial charge on any atom is -0.370 e. The third-order valence-corrected chi connectivity index (χ3v) is 5.70. The van der Waals surface area contributed by atoms with E-state index in [0.717, 1.165) is 18.8 Å². The maximum Gasteiger partial charge on any atom is 0.263 e. The number of aromatic nitrogens is 1. The average molecular weight is 366 g/mol. The maximum absolute atomic E-state index is 12.3. The van der Waals surface area contributed by atoms with Crippen molar-refractivity contribution in [3.63, 3.8) is 0 Å². The molecule has 3 rings (SSSR count). The Balaban J connectivity index is 1.72. The first-order valence-electron chi connectivity index (χ1n) is 8.04. The van der Waals surface area contributed by atoms with Gasteiger partial charge in [0, 0.05) is 18.1 Å². The van der Waals surface area contributed by atoms with Crippen molar-refractivity contribution in [1.29, 1.82) is 0 Å². The molecule has 1 aliphatic rings. The van der Waals surface area contributed by atoms with E-state index in [-0.39, 0.29) is 4.90 Å². The molecular weight excluding hydrogens is 346 g/mol. The van der Waals surface area contributed by atoms with Crippen molar-refractivity contribution in [3.8, 4) is 0 Å². The lowest BCUT2D eigenvalue weighted by Gasteiger charge is -2.22. The summed E-state index contributed by atoms with van der Waals surface area (Å²) in [6.45, 7) is 2.05. The van der Waals surface area contributed by atoms with Crippen LogP contribution in [0.5, 0.6) is 0 Å². The van der Waals surface area contributed by atoms with Gasteiger partial charge >= 0.3 is 0 Å². The lowest BCUT2D eigenvalue weighted by molar-refractivity contribution is 0.601. The lowest BCUT2D eigenvalue weighted by Crippen LogP contribution is -2.24. The second-order valence-corrected chi connectivity index (χ2v) is 7.98. The number of nitrogens with zero attached hydrogens (tertiary/aromatic N) is 2. The third-order valence-electron chi connectivity index (χ3n) is 4.08. The standard InChI is InChI=1S/C17H20ClN3O2S/c18-14-5-8-16(9-6-14)24(22,23)20-17-10-7-15(13-19-17)21-11-3-1-2-4-12-21/h5-10,13H,1-4,11-12H2,(H,19,20). The molecule has 1 N–H and O–H groups in total. The van der Waals surface area contributed by atoms with E-state index in [0.29, 0.717) is 10.8 Å². The predicted octanol–water partition coefficient (Wildman–Crippen LogP) is 3.92. The highest BCUT2D eigenvalue weighted by Crippen LogP contribution is 2.21. The number of hydrogen-bond acceptors (Lipinski definition) is 4. The lowest BCUT2D eigenvalue weighted by atomic mass is 10.2. The molecule has 1 fully saturated rings. The SMILES string of the molecule is O=S(=O)(Nc1ccc(N2CCCCCC2)cn1)c1ccc(Cl)cc1. The molecule has 0 amide bonds. The molecule has 0 radical (unpaired) electrons. The van der Waals surface area contributed by atoms with Crippen molar-refractivity contribution >= 4 is 33.1 Å². The van der Waals surface area contributed by atoms with Gasteiger partial charge in [0.1, 0.15) is 5.82 Å². The molecule has 5 nitrogen and oxygen atoms in total. The zero-order valence-electron chi connectivity index (χ0n) is 13.3. The summed E-state index contributed by atoms with van der Waals surface area (Å²) in [6, 6.07) is 9.65. The Kier molecular flexibility index (Phi) is 5.26. The van der Waals surface area contributed by atoms with Crippen molar-refractivity contribution in [1.82, 2.24) is 4.98 Å². The van der Waals surface area contributed by atoms with Gasteiger partial charge in [0.05, 0.1) is 16.8 Å². The van der Waals surface area contributed by atoms with Crippen LogP contribution in [-0.2, 0) is 10.0 Å². The third kappa shape index (κ3) is 4.19. The van der Waals surface area contributed by atoms with Crippen molar-refractivity contribution in [3.05, 3.63) is 47.6 Å². The fourth-order valence-corrected chi connectivity index (χ4v) is 3.91. The van der Waals surface area contributed by atoms with E-state index in [2.05, 4.69) is 14.6 Å². The van der Waals surface area contributed by atoms with Crippen molar-refractivity contribution in [2.45, 2.75) is 30.6 Å². The van der Waals surface area contributed by atoms with E-state index >= 15 is 0 Å². The van der Waals surface area contributed by atoms with E-state index < -0.39 is 10.0 Å². The highest BCUT2D eigenvalue weighted by molar-refractivity contribution is 7.92. The van der Waals surface area contributed by atoms with Crippen LogP contribution in [0.1, 0.15) is 25.7 Å². The zero-order chi connectivity index (χ0) is 17.0. The van der Waals surface area contributed by atoms with Crippen LogP contribution in [0.3, 0.4) is 0 Å². The highest BCUT2D eigenvalue weighted by atomic mass is 35.5. The van der Waals surface area contributed by atoms with Gasteiger partial charge in [0.2, 0.25) is 0 Å². The summed E-state index contributed by atoms with van der Waals surface area (Å²) >= 11 is 5.79. The molecule has 1 aromatic heterocycles. The predicted molar refractivity (Wildman–Crippen MR) is 97.2 cm³/mol. The minimum absolute atomic E-state index is 0.158. The van der Waals surface area contributed by atoms with E-state index in [9.17, 15) is 8.42 Å². The van der Waals surface area contributed by atoms with Crippen LogP contribution < -0.4 is 9.62 Å². The zero-order valence-corrected chi connectivity index (χ0v) is 14.9. The first-order chi connectivity index (χ1) is 11.5. The number of anilines is 2. The number of hydrogen-bond donors (Lipinski definition) is 1. The number of benzene rings is 1. The van der Waals surface area contributed by atoms with Gasteiger partial charge in [0.25, 0.3) is 10.0 Å². The van der Waals surface area contributed by atoms with Crippen LogP contribution in [0.25, 0.3) is 0 Å². The molecule has 0 atom stereocenters. The van der Waals surface area contributed by atoms with E-state index in [1.165, 1.54) is 37.8 Å². The molecule has 0 bridgehead atoms. The van der Waals surface area contributed by atoms with Gasteiger partial charge in [-0.05, 0) is 49.2 Å². The summed E-state index contributed by atoms with van der Waals surface area (Å²) in [7, 11) is -3.66. The topological polar surface area (TPSA) is 62.3 Å².